The van der Waals surface area contributed by atoms with Crippen LogP contribution < -0.4 is 10.6 Å². The number of carbonyl (C=O) groups excluding carboxylic acids is 2. The van der Waals surface area contributed by atoms with Crippen molar-refractivity contribution in [2.75, 3.05) is 56.4 Å². The Morgan fingerprint density at radius 1 is 0.842 bits per heavy atom. The van der Waals surface area contributed by atoms with Crippen LogP contribution in [0.4, 0.5) is 15.8 Å². The van der Waals surface area contributed by atoms with Crippen LogP contribution in [0.5, 0.6) is 0 Å². The van der Waals surface area contributed by atoms with Crippen LogP contribution in [0, 0.1) is 33.5 Å². The Kier molecular flexibility index (Phi) is 12.4. The lowest BCUT2D eigenvalue weighted by Gasteiger charge is -2.37. The molecule has 2 rings (SSSR count). The van der Waals surface area contributed by atoms with Gasteiger partial charge in [0.1, 0.15) is 5.82 Å². The van der Waals surface area contributed by atoms with E-state index in [1.807, 2.05) is 45.9 Å². The quantitative estimate of drug-likeness (QED) is 0.221. The summed E-state index contributed by atoms with van der Waals surface area (Å²) in [7, 11) is 0. The zero-order chi connectivity index (χ0) is 28.3. The normalized spacial score (nSPS) is 12.9. The molecule has 7 heteroatoms. The number of nitrogens with one attached hydrogen (secondary N) is 2. The Morgan fingerprint density at radius 3 is 1.97 bits per heavy atom. The summed E-state index contributed by atoms with van der Waals surface area (Å²) in [6.07, 6.45) is 2.94. The van der Waals surface area contributed by atoms with Crippen molar-refractivity contribution in [2.45, 2.75) is 67.7 Å². The van der Waals surface area contributed by atoms with Gasteiger partial charge in [-0.25, -0.2) is 4.39 Å². The Morgan fingerprint density at radius 2 is 1.42 bits per heavy atom. The molecule has 0 saturated heterocycles. The molecular weight excluding hydrogens is 479 g/mol. The Balaban J connectivity index is 1.92. The van der Waals surface area contributed by atoms with Gasteiger partial charge in [-0.05, 0) is 101 Å². The molecule has 0 spiro atoms. The average molecular weight is 528 g/mol. The van der Waals surface area contributed by atoms with E-state index in [1.165, 1.54) is 12.1 Å². The maximum absolute atomic E-state index is 13.7. The zero-order valence-electron chi connectivity index (χ0n) is 24.5. The number of hydrogen-bond donors (Lipinski definition) is 2. The number of nitrogens with zero attached hydrogens (tertiary/aromatic N) is 2. The summed E-state index contributed by atoms with van der Waals surface area (Å²) in [4.78, 5) is 28.0. The molecule has 0 aliphatic heterocycles. The SMILES string of the molecule is CCC[N+](CC)(CCCCN(CC)CC(=O)Nc1c(C)cccc1C)CC(=O)Nc1c(C)cc(F)cc1C. The molecule has 0 aliphatic rings. The number of quaternary nitrogens is 1. The molecular formula is C31H48FN4O2+. The Bertz CT molecular complexity index is 1040. The highest BCUT2D eigenvalue weighted by atomic mass is 19.1. The van der Waals surface area contributed by atoms with Crippen molar-refractivity contribution in [1.29, 1.82) is 0 Å². The summed E-state index contributed by atoms with van der Waals surface area (Å²) in [5.41, 5.74) is 5.23. The first-order chi connectivity index (χ1) is 18.0. The number of carbonyl (C=O) groups is 2. The van der Waals surface area contributed by atoms with Gasteiger partial charge in [0, 0.05) is 11.4 Å². The van der Waals surface area contributed by atoms with Gasteiger partial charge >= 0.3 is 0 Å². The molecule has 0 radical (unpaired) electrons. The van der Waals surface area contributed by atoms with E-state index in [-0.39, 0.29) is 17.6 Å². The van der Waals surface area contributed by atoms with Gasteiger partial charge in [-0.1, -0.05) is 32.0 Å². The maximum atomic E-state index is 13.7. The van der Waals surface area contributed by atoms with Crippen LogP contribution in [0.15, 0.2) is 30.3 Å². The van der Waals surface area contributed by atoms with Crippen molar-refractivity contribution in [2.24, 2.45) is 0 Å². The summed E-state index contributed by atoms with van der Waals surface area (Å²) in [6, 6.07) is 8.94. The van der Waals surface area contributed by atoms with E-state index in [0.717, 1.165) is 84.4 Å². The number of likely N-dealkylation sites (N-methyl/N-ethyl adjacent to an activating group) is 2. The maximum Gasteiger partial charge on any atom is 0.279 e. The number of anilines is 2. The van der Waals surface area contributed by atoms with Crippen molar-refractivity contribution in [3.8, 4) is 0 Å². The largest absolute Gasteiger partial charge is 0.324 e. The van der Waals surface area contributed by atoms with Crippen molar-refractivity contribution in [3.05, 3.63) is 58.4 Å². The summed E-state index contributed by atoms with van der Waals surface area (Å²) in [5.74, 6) is -0.306. The van der Waals surface area contributed by atoms with Gasteiger partial charge in [0.05, 0.1) is 26.2 Å². The number of unbranched alkanes of at least 4 members (excludes halogenated alkanes) is 1. The lowest BCUT2D eigenvalue weighted by Crippen LogP contribution is -2.53. The predicted molar refractivity (Wildman–Crippen MR) is 156 cm³/mol. The van der Waals surface area contributed by atoms with Crippen LogP contribution in [-0.4, -0.2) is 67.0 Å². The van der Waals surface area contributed by atoms with Crippen LogP contribution in [0.2, 0.25) is 0 Å². The molecule has 0 fully saturated rings. The number of amides is 2. The van der Waals surface area contributed by atoms with Gasteiger partial charge in [0.25, 0.3) is 5.91 Å². The van der Waals surface area contributed by atoms with E-state index in [2.05, 4.69) is 36.3 Å². The van der Waals surface area contributed by atoms with Gasteiger partial charge in [-0.15, -0.1) is 0 Å². The third-order valence-electron chi connectivity index (χ3n) is 7.53. The smallest absolute Gasteiger partial charge is 0.279 e. The fourth-order valence-corrected chi connectivity index (χ4v) is 5.29. The monoisotopic (exact) mass is 527 g/mol. The highest BCUT2D eigenvalue weighted by Crippen LogP contribution is 2.22. The van der Waals surface area contributed by atoms with Gasteiger partial charge in [0.15, 0.2) is 6.54 Å². The summed E-state index contributed by atoms with van der Waals surface area (Å²) >= 11 is 0. The molecule has 2 amide bonds. The number of aryl methyl sites for hydroxylation is 4. The fraction of sp³-hybridized carbons (Fsp3) is 0.548. The lowest BCUT2D eigenvalue weighted by atomic mass is 10.1. The van der Waals surface area contributed by atoms with Crippen LogP contribution in [0.3, 0.4) is 0 Å². The first-order valence-corrected chi connectivity index (χ1v) is 14.0. The number of hydrogen-bond acceptors (Lipinski definition) is 3. The molecule has 6 nitrogen and oxygen atoms in total. The minimum atomic E-state index is -0.286. The van der Waals surface area contributed by atoms with Gasteiger partial charge in [-0.3, -0.25) is 14.5 Å². The molecule has 2 N–H and O–H groups in total. The van der Waals surface area contributed by atoms with E-state index in [9.17, 15) is 14.0 Å². The second-order valence-electron chi connectivity index (χ2n) is 10.6. The Hall–Kier alpha value is -2.77. The molecule has 1 unspecified atom stereocenters. The molecule has 0 aliphatic carbocycles. The minimum absolute atomic E-state index is 0.0111. The molecule has 210 valence electrons. The molecule has 0 heterocycles. The van der Waals surface area contributed by atoms with E-state index >= 15 is 0 Å². The van der Waals surface area contributed by atoms with Crippen LogP contribution >= 0.6 is 0 Å². The van der Waals surface area contributed by atoms with Gasteiger partial charge < -0.3 is 15.1 Å². The number of benzene rings is 2. The second kappa shape index (κ2) is 15.0. The Labute approximate surface area is 229 Å². The second-order valence-corrected chi connectivity index (χ2v) is 10.6. The third kappa shape index (κ3) is 9.21. The fourth-order valence-electron chi connectivity index (χ4n) is 5.29. The third-order valence-corrected chi connectivity index (χ3v) is 7.53. The number of para-hydroxylation sites is 1. The van der Waals surface area contributed by atoms with Crippen molar-refractivity contribution in [3.63, 3.8) is 0 Å². The molecule has 2 aromatic carbocycles. The predicted octanol–water partition coefficient (Wildman–Crippen LogP) is 5.99. The molecule has 0 saturated carbocycles. The molecule has 0 bridgehead atoms. The topological polar surface area (TPSA) is 61.4 Å². The van der Waals surface area contributed by atoms with Crippen LogP contribution in [0.1, 0.15) is 62.3 Å². The average Bonchev–Trinajstić information content (AvgIpc) is 2.85. The van der Waals surface area contributed by atoms with Crippen LogP contribution in [0.25, 0.3) is 0 Å². The van der Waals surface area contributed by atoms with Crippen molar-refractivity contribution in [1.82, 2.24) is 4.90 Å². The van der Waals surface area contributed by atoms with E-state index < -0.39 is 0 Å². The first-order valence-electron chi connectivity index (χ1n) is 14.0. The van der Waals surface area contributed by atoms with E-state index in [0.29, 0.717) is 18.8 Å². The summed E-state index contributed by atoms with van der Waals surface area (Å²) in [5, 5.41) is 6.13. The lowest BCUT2D eigenvalue weighted by molar-refractivity contribution is -0.919. The highest BCUT2D eigenvalue weighted by Gasteiger charge is 2.28. The molecule has 38 heavy (non-hydrogen) atoms. The van der Waals surface area contributed by atoms with Gasteiger partial charge in [-0.2, -0.15) is 0 Å². The highest BCUT2D eigenvalue weighted by molar-refractivity contribution is 5.94. The van der Waals surface area contributed by atoms with Crippen LogP contribution in [-0.2, 0) is 9.59 Å². The number of rotatable bonds is 15. The minimum Gasteiger partial charge on any atom is -0.324 e. The zero-order valence-corrected chi connectivity index (χ0v) is 24.5. The molecule has 0 aromatic heterocycles. The summed E-state index contributed by atoms with van der Waals surface area (Å²) < 4.78 is 14.4. The van der Waals surface area contributed by atoms with E-state index in [1.54, 1.807) is 0 Å². The van der Waals surface area contributed by atoms with Crippen molar-refractivity contribution < 1.29 is 18.5 Å². The van der Waals surface area contributed by atoms with Crippen molar-refractivity contribution >= 4 is 23.2 Å². The van der Waals surface area contributed by atoms with Gasteiger partial charge in [0.2, 0.25) is 5.91 Å². The molecule has 1 atom stereocenters. The molecule has 2 aromatic rings. The standard InChI is InChI=1S/C31H47FN4O2/c1-8-17-36(10-3,22-29(38)34-31-25(6)19-27(32)20-26(31)7)18-12-11-16-35(9-2)21-28(37)33-30-23(4)14-13-15-24(30)5/h13-15,19-20H,8-12,16-18,21-22H2,1-7H3,(H-,33,34,37,38)/p+1. The number of halogens is 1. The summed E-state index contributed by atoms with van der Waals surface area (Å²) in [6.45, 7) is 19.2. The first kappa shape index (κ1) is 31.4. The van der Waals surface area contributed by atoms with E-state index in [4.69, 9.17) is 0 Å².